The van der Waals surface area contributed by atoms with Crippen molar-refractivity contribution in [3.8, 4) is 0 Å². The summed E-state index contributed by atoms with van der Waals surface area (Å²) in [5.41, 5.74) is -0.173. The second kappa shape index (κ2) is 22.6. The van der Waals surface area contributed by atoms with E-state index in [4.69, 9.17) is 9.47 Å². The predicted octanol–water partition coefficient (Wildman–Crippen LogP) is 13.4. The van der Waals surface area contributed by atoms with Crippen molar-refractivity contribution in [1.82, 2.24) is 0 Å². The fraction of sp³-hybridized carbons (Fsp3) is 0.958. The van der Waals surface area contributed by atoms with Gasteiger partial charge in [-0.2, -0.15) is 0 Å². The fourth-order valence-electron chi connectivity index (χ4n) is 26.8. The molecule has 0 aliphatic heterocycles. The van der Waals surface area contributed by atoms with Crippen LogP contribution in [0.25, 0.3) is 0 Å². The molecular formula is C72H116O11. The lowest BCUT2D eigenvalue weighted by atomic mass is 9.43. The topological polar surface area (TPSA) is 191 Å². The quantitative estimate of drug-likeness (QED) is 0.0908. The van der Waals surface area contributed by atoms with E-state index in [2.05, 4.69) is 62.3 Å². The smallest absolute Gasteiger partial charge is 0.306 e. The second-order valence-electron chi connectivity index (χ2n) is 34.2. The van der Waals surface area contributed by atoms with Crippen molar-refractivity contribution < 1.29 is 54.5 Å². The fourth-order valence-corrected chi connectivity index (χ4v) is 26.8. The Bertz CT molecular complexity index is 2380. The van der Waals surface area contributed by atoms with Crippen molar-refractivity contribution in [1.29, 1.82) is 0 Å². The molecule has 12 aliphatic carbocycles. The lowest BCUT2D eigenvalue weighted by Crippen LogP contribution is -2.63. The molecule has 0 spiro atoms. The molecule has 7 unspecified atom stereocenters. The molecule has 0 bridgehead atoms. The van der Waals surface area contributed by atoms with E-state index in [9.17, 15) is 45.0 Å². The summed E-state index contributed by atoms with van der Waals surface area (Å²) in [4.78, 5) is 40.6. The monoisotopic (exact) mass is 1160 g/mol. The average Bonchev–Trinajstić information content (AvgIpc) is 1.80. The highest BCUT2D eigenvalue weighted by Gasteiger charge is 2.69. The number of aliphatic hydroxyl groups excluding tert-OH is 5. The number of aliphatic carboxylic acids is 1. The molecule has 0 saturated heterocycles. The van der Waals surface area contributed by atoms with E-state index < -0.39 is 17.5 Å². The summed E-state index contributed by atoms with van der Waals surface area (Å²) >= 11 is 0. The van der Waals surface area contributed by atoms with Crippen LogP contribution in [0.3, 0.4) is 0 Å². The summed E-state index contributed by atoms with van der Waals surface area (Å²) < 4.78 is 13.5. The number of carbonyl (C=O) groups is 3. The minimum absolute atomic E-state index is 0.0854. The highest BCUT2D eigenvalue weighted by Crippen LogP contribution is 2.72. The van der Waals surface area contributed by atoms with Gasteiger partial charge in [-0.3, -0.25) is 14.4 Å². The lowest BCUT2D eigenvalue weighted by molar-refractivity contribution is -0.219. The maximum absolute atomic E-state index is 14.7. The zero-order chi connectivity index (χ0) is 59.1. The van der Waals surface area contributed by atoms with Crippen molar-refractivity contribution in [2.45, 2.75) is 291 Å². The Balaban J connectivity index is 0.704. The first kappa shape index (κ1) is 61.4. The van der Waals surface area contributed by atoms with Crippen LogP contribution in [0.4, 0.5) is 0 Å². The van der Waals surface area contributed by atoms with Gasteiger partial charge in [0, 0.05) is 25.2 Å². The average molecular weight is 1160 g/mol. The molecule has 0 aromatic rings. The van der Waals surface area contributed by atoms with Gasteiger partial charge in [-0.15, -0.1) is 0 Å². The third kappa shape index (κ3) is 10.0. The van der Waals surface area contributed by atoms with Crippen LogP contribution in [0.15, 0.2) is 0 Å². The first-order valence-electron chi connectivity index (χ1n) is 35.3. The van der Waals surface area contributed by atoms with Gasteiger partial charge in [-0.05, 0) is 300 Å². The maximum atomic E-state index is 14.7. The third-order valence-corrected chi connectivity index (χ3v) is 31.4. The van der Waals surface area contributed by atoms with Crippen LogP contribution in [0.2, 0.25) is 0 Å². The highest BCUT2D eigenvalue weighted by molar-refractivity contribution is 5.70. The standard InChI is InChI=1S/C72H116O11/c1-39(49-15-19-53-65-54(27-31-70(49,53)7)68(5)29-25-46(74)33-43(68)35-58(65)75)11-22-63(80)82-47-26-30-69(6)44(34-47)36-59(66-55-20-17-51(40(2)10-21-62(78)79)72(55,9)61(77)38-57(66)69)83-64(81)23-12-41(3)50-16-18-52-48-14-13-42-32-45(73)24-28-67(42,4)56(48)37-60(76)71(50,52)8/h39-61,65-66,73-77H,10-38H2,1-9H3,(H,78,79)/t39-,40-,41-,42-,43?,44+,45-,46-,47-,48?,49-,50-,51-,52?,53?,54?,55+,56?,57+,58-,59-,60+,61+,65?,66+,67+,68+,69+,70-,71-,72-/m1/s1. The normalized spacial score (nSPS) is 53.4. The number of carboxylic acid groups (broad SMARTS) is 1. The minimum atomic E-state index is -0.779. The van der Waals surface area contributed by atoms with Crippen LogP contribution in [0.5, 0.6) is 0 Å². The Kier molecular flexibility index (Phi) is 16.7. The van der Waals surface area contributed by atoms with Gasteiger partial charge in [0.15, 0.2) is 0 Å². The lowest BCUT2D eigenvalue weighted by Gasteiger charge is -2.64. The first-order chi connectivity index (χ1) is 39.2. The number of ether oxygens (including phenoxy) is 2. The maximum Gasteiger partial charge on any atom is 0.306 e. The molecule has 12 aliphatic rings. The molecule has 12 saturated carbocycles. The van der Waals surface area contributed by atoms with E-state index in [1.165, 1.54) is 19.3 Å². The molecule has 12 fully saturated rings. The number of hydrogen-bond acceptors (Lipinski definition) is 10. The SMILES string of the molecule is C[C@H](CCC(=O)O[C@@H]1C[C@@H]2C[C@H](OC(=O)CC[C@@H](C)[C@H]3CCC4C5C(CC[C@@]43C)[C@@]3(C)CC[C@@H](O)CC3C[C@H]5O)CC[C@]2(C)[C@H]2C[C@H](O)[C@]3(C)[C@@H]([C@H](C)CCC(=O)O)CC[C@H]3[C@H]12)[C@H]1CCC2C3CC[C@@H]4C[C@H](O)CC[C@]4(C)C3C[C@H](O)[C@@]21C. The molecule has 0 aromatic heterocycles. The van der Waals surface area contributed by atoms with Crippen LogP contribution >= 0.6 is 0 Å². The Morgan fingerprint density at radius 3 is 1.59 bits per heavy atom. The molecule has 12 rings (SSSR count). The van der Waals surface area contributed by atoms with E-state index in [0.717, 1.165) is 135 Å². The molecule has 11 nitrogen and oxygen atoms in total. The zero-order valence-electron chi connectivity index (χ0n) is 53.2. The molecule has 31 atom stereocenters. The molecular weight excluding hydrogens is 1040 g/mol. The van der Waals surface area contributed by atoms with Crippen molar-refractivity contribution in [2.75, 3.05) is 0 Å². The first-order valence-corrected chi connectivity index (χ1v) is 35.3. The van der Waals surface area contributed by atoms with E-state index in [1.807, 2.05) is 0 Å². The molecule has 11 heteroatoms. The molecule has 0 aromatic carbocycles. The van der Waals surface area contributed by atoms with Gasteiger partial charge < -0.3 is 40.1 Å². The van der Waals surface area contributed by atoms with E-state index in [0.29, 0.717) is 90.8 Å². The molecule has 0 amide bonds. The van der Waals surface area contributed by atoms with Gasteiger partial charge in [-0.1, -0.05) is 62.3 Å². The Hall–Kier alpha value is -1.79. The Morgan fingerprint density at radius 1 is 0.434 bits per heavy atom. The number of rotatable bonds is 14. The number of fused-ring (bicyclic) bond motifs is 15. The van der Waals surface area contributed by atoms with E-state index >= 15 is 0 Å². The van der Waals surface area contributed by atoms with Gasteiger partial charge in [-0.25, -0.2) is 0 Å². The zero-order valence-corrected chi connectivity index (χ0v) is 53.2. The van der Waals surface area contributed by atoms with Crippen LogP contribution in [0.1, 0.15) is 249 Å². The Morgan fingerprint density at radius 2 is 0.928 bits per heavy atom. The minimum Gasteiger partial charge on any atom is -0.481 e. The summed E-state index contributed by atoms with van der Waals surface area (Å²) in [6.45, 7) is 21.5. The number of carboxylic acids is 1. The van der Waals surface area contributed by atoms with Crippen LogP contribution < -0.4 is 0 Å². The van der Waals surface area contributed by atoms with Crippen molar-refractivity contribution in [3.05, 3.63) is 0 Å². The summed E-state index contributed by atoms with van der Waals surface area (Å²) in [6, 6.07) is 0. The summed E-state index contributed by atoms with van der Waals surface area (Å²) in [7, 11) is 0. The van der Waals surface area contributed by atoms with Crippen LogP contribution in [0, 0.1) is 139 Å². The van der Waals surface area contributed by atoms with Gasteiger partial charge >= 0.3 is 17.9 Å². The summed E-state index contributed by atoms with van der Waals surface area (Å²) in [5, 5.41) is 67.7. The number of hydrogen-bond donors (Lipinski definition) is 6. The van der Waals surface area contributed by atoms with Gasteiger partial charge in [0.2, 0.25) is 0 Å². The molecule has 0 radical (unpaired) electrons. The molecule has 6 N–H and O–H groups in total. The predicted molar refractivity (Wildman–Crippen MR) is 320 cm³/mol. The molecule has 0 heterocycles. The Labute approximate surface area is 500 Å². The summed E-state index contributed by atoms with van der Waals surface area (Å²) in [5.74, 6) is 5.18. The van der Waals surface area contributed by atoms with Crippen LogP contribution in [-0.4, -0.2) is 91.3 Å². The van der Waals surface area contributed by atoms with E-state index in [-0.39, 0.29) is 123 Å². The van der Waals surface area contributed by atoms with Crippen LogP contribution in [-0.2, 0) is 23.9 Å². The summed E-state index contributed by atoms with van der Waals surface area (Å²) in [6.07, 6.45) is 23.1. The van der Waals surface area contributed by atoms with Crippen molar-refractivity contribution in [3.63, 3.8) is 0 Å². The highest BCUT2D eigenvalue weighted by atomic mass is 16.5. The second-order valence-corrected chi connectivity index (χ2v) is 34.2. The largest absolute Gasteiger partial charge is 0.481 e. The van der Waals surface area contributed by atoms with Gasteiger partial charge in [0.25, 0.3) is 0 Å². The number of aliphatic hydroxyl groups is 5. The number of esters is 2. The van der Waals surface area contributed by atoms with E-state index in [1.54, 1.807) is 0 Å². The van der Waals surface area contributed by atoms with Gasteiger partial charge in [0.1, 0.15) is 12.2 Å². The van der Waals surface area contributed by atoms with Crippen molar-refractivity contribution >= 4 is 17.9 Å². The number of carbonyl (C=O) groups excluding carboxylic acids is 2. The third-order valence-electron chi connectivity index (χ3n) is 31.4. The van der Waals surface area contributed by atoms with Crippen molar-refractivity contribution in [2.24, 2.45) is 139 Å². The molecule has 83 heavy (non-hydrogen) atoms. The molecule has 470 valence electrons. The van der Waals surface area contributed by atoms with Gasteiger partial charge in [0.05, 0.1) is 30.5 Å².